The standard InChI is InChI=1S/C24H18FN3OS/c25-19-9-4-16(5-10-19)18-8-13-21(26)22(15-18)28-24(29)17-6-11-20(12-7-17)30-23-3-1-2-14-27-23/h1-15H,26H2,(H,28,29). The van der Waals surface area contributed by atoms with Gasteiger partial charge in [-0.15, -0.1) is 0 Å². The molecule has 0 unspecified atom stereocenters. The van der Waals surface area contributed by atoms with E-state index in [2.05, 4.69) is 10.3 Å². The van der Waals surface area contributed by atoms with Crippen LogP contribution < -0.4 is 11.1 Å². The minimum Gasteiger partial charge on any atom is -0.397 e. The molecule has 1 heterocycles. The van der Waals surface area contributed by atoms with Crippen LogP contribution in [0.3, 0.4) is 0 Å². The fourth-order valence-electron chi connectivity index (χ4n) is 2.88. The Bertz CT molecular complexity index is 1160. The maximum Gasteiger partial charge on any atom is 0.255 e. The molecule has 4 aromatic rings. The van der Waals surface area contributed by atoms with Gasteiger partial charge in [0, 0.05) is 16.7 Å². The lowest BCUT2D eigenvalue weighted by Gasteiger charge is -2.11. The number of aromatic nitrogens is 1. The average Bonchev–Trinajstić information content (AvgIpc) is 2.77. The summed E-state index contributed by atoms with van der Waals surface area (Å²) >= 11 is 1.53. The molecule has 0 atom stereocenters. The number of hydrogen-bond donors (Lipinski definition) is 2. The van der Waals surface area contributed by atoms with Crippen molar-refractivity contribution in [2.75, 3.05) is 11.1 Å². The van der Waals surface area contributed by atoms with Gasteiger partial charge in [0.2, 0.25) is 0 Å². The third kappa shape index (κ3) is 4.67. The first-order valence-electron chi connectivity index (χ1n) is 9.24. The number of nitrogens with zero attached hydrogens (tertiary/aromatic N) is 1. The number of amides is 1. The van der Waals surface area contributed by atoms with Crippen LogP contribution in [0, 0.1) is 5.82 Å². The Balaban J connectivity index is 1.49. The molecule has 0 spiro atoms. The second kappa shape index (κ2) is 8.80. The zero-order valence-corrected chi connectivity index (χ0v) is 16.7. The van der Waals surface area contributed by atoms with E-state index >= 15 is 0 Å². The Hall–Kier alpha value is -3.64. The van der Waals surface area contributed by atoms with Gasteiger partial charge in [-0.2, -0.15) is 0 Å². The van der Waals surface area contributed by atoms with Crippen LogP contribution in [0.15, 0.2) is 101 Å². The van der Waals surface area contributed by atoms with Gasteiger partial charge < -0.3 is 11.1 Å². The molecule has 0 aliphatic heterocycles. The molecule has 0 bridgehead atoms. The highest BCUT2D eigenvalue weighted by Gasteiger charge is 2.10. The van der Waals surface area contributed by atoms with Crippen molar-refractivity contribution in [2.24, 2.45) is 0 Å². The molecule has 1 aromatic heterocycles. The zero-order valence-electron chi connectivity index (χ0n) is 15.9. The van der Waals surface area contributed by atoms with Crippen molar-refractivity contribution in [3.05, 3.63) is 103 Å². The molecular formula is C24H18FN3OS. The molecule has 6 heteroatoms. The predicted octanol–water partition coefficient (Wildman–Crippen LogP) is 5.87. The van der Waals surface area contributed by atoms with E-state index in [1.54, 1.807) is 42.6 Å². The van der Waals surface area contributed by atoms with Gasteiger partial charge in [0.05, 0.1) is 11.4 Å². The number of hydrogen-bond acceptors (Lipinski definition) is 4. The van der Waals surface area contributed by atoms with Crippen LogP contribution in [0.5, 0.6) is 0 Å². The van der Waals surface area contributed by atoms with Crippen molar-refractivity contribution in [2.45, 2.75) is 9.92 Å². The first-order valence-corrected chi connectivity index (χ1v) is 10.1. The van der Waals surface area contributed by atoms with Crippen molar-refractivity contribution >= 4 is 29.0 Å². The van der Waals surface area contributed by atoms with Crippen LogP contribution in [0.1, 0.15) is 10.4 Å². The highest BCUT2D eigenvalue weighted by Crippen LogP contribution is 2.29. The number of anilines is 2. The Labute approximate surface area is 178 Å². The summed E-state index contributed by atoms with van der Waals surface area (Å²) in [4.78, 5) is 18.0. The largest absolute Gasteiger partial charge is 0.397 e. The van der Waals surface area contributed by atoms with Gasteiger partial charge in [0.25, 0.3) is 5.91 Å². The predicted molar refractivity (Wildman–Crippen MR) is 119 cm³/mol. The topological polar surface area (TPSA) is 68.0 Å². The van der Waals surface area contributed by atoms with E-state index in [1.165, 1.54) is 23.9 Å². The van der Waals surface area contributed by atoms with E-state index in [0.29, 0.717) is 16.9 Å². The SMILES string of the molecule is Nc1ccc(-c2ccc(F)cc2)cc1NC(=O)c1ccc(Sc2ccccn2)cc1. The third-order valence-corrected chi connectivity index (χ3v) is 5.41. The van der Waals surface area contributed by atoms with Gasteiger partial charge >= 0.3 is 0 Å². The van der Waals surface area contributed by atoms with Crippen LogP contribution in [-0.2, 0) is 0 Å². The minimum atomic E-state index is -0.299. The fraction of sp³-hybridized carbons (Fsp3) is 0. The summed E-state index contributed by atoms with van der Waals surface area (Å²) in [7, 11) is 0. The van der Waals surface area contributed by atoms with Crippen LogP contribution >= 0.6 is 11.8 Å². The van der Waals surface area contributed by atoms with Crippen molar-refractivity contribution in [1.29, 1.82) is 0 Å². The van der Waals surface area contributed by atoms with Crippen LogP contribution in [-0.4, -0.2) is 10.9 Å². The number of benzene rings is 3. The first kappa shape index (κ1) is 19.7. The average molecular weight is 415 g/mol. The molecule has 4 nitrogen and oxygen atoms in total. The summed E-state index contributed by atoms with van der Waals surface area (Å²) in [5.41, 5.74) is 9.20. The Morgan fingerprint density at radius 2 is 1.63 bits per heavy atom. The van der Waals surface area contributed by atoms with E-state index in [-0.39, 0.29) is 11.7 Å². The smallest absolute Gasteiger partial charge is 0.255 e. The Kier molecular flexibility index (Phi) is 5.77. The Morgan fingerprint density at radius 3 is 2.33 bits per heavy atom. The van der Waals surface area contributed by atoms with Gasteiger partial charge in [-0.3, -0.25) is 4.79 Å². The second-order valence-electron chi connectivity index (χ2n) is 6.56. The molecule has 0 aliphatic rings. The van der Waals surface area contributed by atoms with Crippen LogP contribution in [0.4, 0.5) is 15.8 Å². The lowest BCUT2D eigenvalue weighted by atomic mass is 10.0. The summed E-state index contributed by atoms with van der Waals surface area (Å²) < 4.78 is 13.2. The third-order valence-electron chi connectivity index (χ3n) is 4.46. The maximum absolute atomic E-state index is 13.2. The van der Waals surface area contributed by atoms with E-state index in [0.717, 1.165) is 21.0 Å². The summed E-state index contributed by atoms with van der Waals surface area (Å²) in [6, 6.07) is 24.5. The number of nitrogen functional groups attached to an aromatic ring is 1. The van der Waals surface area contributed by atoms with Crippen LogP contribution in [0.25, 0.3) is 11.1 Å². The highest BCUT2D eigenvalue weighted by molar-refractivity contribution is 7.99. The van der Waals surface area contributed by atoms with Gasteiger partial charge in [0.1, 0.15) is 10.8 Å². The van der Waals surface area contributed by atoms with Crippen LogP contribution in [0.2, 0.25) is 0 Å². The number of carbonyl (C=O) groups excluding carboxylic acids is 1. The number of nitrogens with two attached hydrogens (primary N) is 1. The minimum absolute atomic E-state index is 0.257. The summed E-state index contributed by atoms with van der Waals surface area (Å²) in [6.45, 7) is 0. The normalized spacial score (nSPS) is 10.6. The molecule has 3 N–H and O–H groups in total. The van der Waals surface area contributed by atoms with Crippen molar-refractivity contribution in [3.8, 4) is 11.1 Å². The summed E-state index contributed by atoms with van der Waals surface area (Å²) in [5, 5.41) is 3.75. The first-order chi connectivity index (χ1) is 14.6. The van der Waals surface area contributed by atoms with Gasteiger partial charge in [0.15, 0.2) is 0 Å². The molecule has 0 fully saturated rings. The molecule has 0 saturated carbocycles. The van der Waals surface area contributed by atoms with Crippen molar-refractivity contribution < 1.29 is 9.18 Å². The Morgan fingerprint density at radius 1 is 0.900 bits per heavy atom. The van der Waals surface area contributed by atoms with Crippen molar-refractivity contribution in [3.63, 3.8) is 0 Å². The van der Waals surface area contributed by atoms with Gasteiger partial charge in [-0.25, -0.2) is 9.37 Å². The van der Waals surface area contributed by atoms with Gasteiger partial charge in [-0.1, -0.05) is 36.0 Å². The molecule has 0 saturated heterocycles. The van der Waals surface area contributed by atoms with E-state index in [1.807, 2.05) is 36.4 Å². The molecule has 0 radical (unpaired) electrons. The summed E-state index contributed by atoms with van der Waals surface area (Å²) in [5.74, 6) is -0.556. The molecule has 148 valence electrons. The molecular weight excluding hydrogens is 397 g/mol. The molecule has 30 heavy (non-hydrogen) atoms. The number of nitrogens with one attached hydrogen (secondary N) is 1. The van der Waals surface area contributed by atoms with Crippen molar-refractivity contribution in [1.82, 2.24) is 4.98 Å². The van der Waals surface area contributed by atoms with E-state index in [9.17, 15) is 9.18 Å². The number of halogens is 1. The molecule has 3 aromatic carbocycles. The molecule has 1 amide bonds. The molecule has 4 rings (SSSR count). The monoisotopic (exact) mass is 415 g/mol. The van der Waals surface area contributed by atoms with E-state index in [4.69, 9.17) is 5.73 Å². The lowest BCUT2D eigenvalue weighted by Crippen LogP contribution is -2.13. The number of carbonyl (C=O) groups is 1. The maximum atomic E-state index is 13.2. The second-order valence-corrected chi connectivity index (χ2v) is 7.65. The highest BCUT2D eigenvalue weighted by atomic mass is 32.2. The van der Waals surface area contributed by atoms with Gasteiger partial charge in [-0.05, 0) is 71.8 Å². The quantitative estimate of drug-likeness (QED) is 0.400. The zero-order chi connectivity index (χ0) is 20.9. The summed E-state index contributed by atoms with van der Waals surface area (Å²) in [6.07, 6.45) is 1.74. The van der Waals surface area contributed by atoms with E-state index < -0.39 is 0 Å². The fourth-order valence-corrected chi connectivity index (χ4v) is 3.66. The lowest BCUT2D eigenvalue weighted by molar-refractivity contribution is 0.102. The number of pyridine rings is 1. The number of rotatable bonds is 5. The molecule has 0 aliphatic carbocycles.